The first-order chi connectivity index (χ1) is 15.6. The van der Waals surface area contributed by atoms with Crippen molar-refractivity contribution < 1.29 is 0 Å². The van der Waals surface area contributed by atoms with Crippen molar-refractivity contribution in [1.29, 1.82) is 0 Å². The molecule has 8 heteroatoms. The predicted octanol–water partition coefficient (Wildman–Crippen LogP) is 3.24. The first kappa shape index (κ1) is 20.6. The molecule has 0 bridgehead atoms. The number of aromatic nitrogens is 4. The third kappa shape index (κ3) is 3.53. The number of hydrogen-bond donors (Lipinski definition) is 1. The molecule has 0 aliphatic carbocycles. The third-order valence-electron chi connectivity index (χ3n) is 7.81. The summed E-state index contributed by atoms with van der Waals surface area (Å²) in [6, 6.07) is 2.81. The Kier molecular flexibility index (Phi) is 5.19. The number of anilines is 1. The van der Waals surface area contributed by atoms with Crippen LogP contribution in [0.3, 0.4) is 0 Å². The van der Waals surface area contributed by atoms with Gasteiger partial charge in [0.15, 0.2) is 0 Å². The minimum Gasteiger partial charge on any atom is -0.355 e. The summed E-state index contributed by atoms with van der Waals surface area (Å²) in [6.07, 6.45) is 10.9. The van der Waals surface area contributed by atoms with Gasteiger partial charge in [-0.1, -0.05) is 6.92 Å². The Hall–Kier alpha value is -2.03. The average molecular weight is 452 g/mol. The minimum atomic E-state index is 0.397. The molecule has 0 unspecified atom stereocenters. The number of fused-ring (bicyclic) bond motifs is 1. The Morgan fingerprint density at radius 2 is 2.06 bits per heavy atom. The molecule has 0 aromatic carbocycles. The monoisotopic (exact) mass is 451 g/mol. The lowest BCUT2D eigenvalue weighted by atomic mass is 9.75. The first-order valence-corrected chi connectivity index (χ1v) is 12.9. The van der Waals surface area contributed by atoms with E-state index in [0.717, 1.165) is 49.2 Å². The molecule has 3 saturated heterocycles. The van der Waals surface area contributed by atoms with Crippen molar-refractivity contribution in [3.63, 3.8) is 0 Å². The molecule has 1 N–H and O–H groups in total. The molecule has 32 heavy (non-hydrogen) atoms. The van der Waals surface area contributed by atoms with Crippen LogP contribution in [-0.4, -0.2) is 63.9 Å². The lowest BCUT2D eigenvalue weighted by molar-refractivity contribution is -0.0413. The van der Waals surface area contributed by atoms with Crippen molar-refractivity contribution in [1.82, 2.24) is 30.0 Å². The maximum absolute atomic E-state index is 4.73. The van der Waals surface area contributed by atoms with Gasteiger partial charge < -0.3 is 10.2 Å². The van der Waals surface area contributed by atoms with Crippen molar-refractivity contribution in [2.24, 2.45) is 18.4 Å². The lowest BCUT2D eigenvalue weighted by Crippen LogP contribution is -2.59. The number of piperidine rings is 1. The number of rotatable bonds is 5. The standard InChI is InChI=1S/C24H33N7S/c1-3-19-10-20-22(26-16-27-23(20)32-19)30-9-6-24(13-30)14-31(15-24)21(17-4-7-25-8-5-17)18-11-28-29(2)12-18/h10-12,16-17,21,25H,3-9,13-15H2,1-2H3/t21-/m1/s1. The van der Waals surface area contributed by atoms with Gasteiger partial charge in [0, 0.05) is 61.3 Å². The molecule has 3 aromatic rings. The number of likely N-dealkylation sites (tertiary alicyclic amines) is 1. The van der Waals surface area contributed by atoms with Crippen LogP contribution in [0.1, 0.15) is 42.7 Å². The van der Waals surface area contributed by atoms with Crippen LogP contribution in [0, 0.1) is 11.3 Å². The number of aryl methyl sites for hydroxylation is 2. The Morgan fingerprint density at radius 3 is 2.81 bits per heavy atom. The van der Waals surface area contributed by atoms with Crippen molar-refractivity contribution in [3.8, 4) is 0 Å². The van der Waals surface area contributed by atoms with E-state index in [9.17, 15) is 0 Å². The van der Waals surface area contributed by atoms with Crippen molar-refractivity contribution in [2.45, 2.75) is 38.6 Å². The van der Waals surface area contributed by atoms with E-state index in [0.29, 0.717) is 11.5 Å². The molecule has 3 fully saturated rings. The smallest absolute Gasteiger partial charge is 0.140 e. The van der Waals surface area contributed by atoms with Crippen LogP contribution in [0.2, 0.25) is 0 Å². The summed E-state index contributed by atoms with van der Waals surface area (Å²) in [4.78, 5) is 17.1. The van der Waals surface area contributed by atoms with E-state index in [1.165, 1.54) is 48.2 Å². The Morgan fingerprint density at radius 1 is 1.22 bits per heavy atom. The van der Waals surface area contributed by atoms with Gasteiger partial charge in [0.25, 0.3) is 0 Å². The Bertz CT molecular complexity index is 1090. The molecule has 3 aliphatic heterocycles. The highest BCUT2D eigenvalue weighted by molar-refractivity contribution is 7.18. The Balaban J connectivity index is 1.20. The Labute approximate surface area is 193 Å². The fourth-order valence-electron chi connectivity index (χ4n) is 6.24. The second-order valence-corrected chi connectivity index (χ2v) is 11.2. The third-order valence-corrected chi connectivity index (χ3v) is 9.00. The lowest BCUT2D eigenvalue weighted by Gasteiger charge is -2.53. The SMILES string of the molecule is CCc1cc2c(N3CCC4(C3)CN([C@@H](c3cnn(C)c3)C3CCNCC3)C4)ncnc2s1. The number of nitrogens with one attached hydrogen (secondary N) is 1. The summed E-state index contributed by atoms with van der Waals surface area (Å²) >= 11 is 1.81. The van der Waals surface area contributed by atoms with E-state index in [4.69, 9.17) is 4.98 Å². The first-order valence-electron chi connectivity index (χ1n) is 12.1. The number of hydrogen-bond acceptors (Lipinski definition) is 7. The number of nitrogens with zero attached hydrogens (tertiary/aromatic N) is 6. The van der Waals surface area contributed by atoms with Crippen LogP contribution < -0.4 is 10.2 Å². The maximum atomic E-state index is 4.73. The predicted molar refractivity (Wildman–Crippen MR) is 129 cm³/mol. The van der Waals surface area contributed by atoms with Crippen LogP contribution in [-0.2, 0) is 13.5 Å². The minimum absolute atomic E-state index is 0.397. The molecule has 0 radical (unpaired) electrons. The molecular formula is C24H33N7S. The summed E-state index contributed by atoms with van der Waals surface area (Å²) in [5, 5.41) is 9.28. The van der Waals surface area contributed by atoms with Gasteiger partial charge in [-0.2, -0.15) is 5.10 Å². The highest BCUT2D eigenvalue weighted by Gasteiger charge is 2.51. The summed E-state index contributed by atoms with van der Waals surface area (Å²) in [5.41, 5.74) is 1.79. The molecule has 1 atom stereocenters. The van der Waals surface area contributed by atoms with Gasteiger partial charge in [-0.05, 0) is 50.8 Å². The molecule has 0 amide bonds. The summed E-state index contributed by atoms with van der Waals surface area (Å²) in [7, 11) is 2.03. The van der Waals surface area contributed by atoms with Gasteiger partial charge in [0.1, 0.15) is 17.0 Å². The molecule has 3 aliphatic rings. The van der Waals surface area contributed by atoms with E-state index in [1.807, 2.05) is 23.1 Å². The van der Waals surface area contributed by atoms with Crippen LogP contribution >= 0.6 is 11.3 Å². The molecule has 1 spiro atoms. The molecule has 3 aromatic heterocycles. The zero-order chi connectivity index (χ0) is 21.7. The van der Waals surface area contributed by atoms with Crippen LogP contribution in [0.25, 0.3) is 10.2 Å². The van der Waals surface area contributed by atoms with Gasteiger partial charge in [-0.25, -0.2) is 9.97 Å². The van der Waals surface area contributed by atoms with E-state index in [-0.39, 0.29) is 0 Å². The summed E-state index contributed by atoms with van der Waals surface area (Å²) in [5.74, 6) is 1.86. The molecule has 7 nitrogen and oxygen atoms in total. The van der Waals surface area contributed by atoms with Crippen LogP contribution in [0.4, 0.5) is 5.82 Å². The second-order valence-electron chi connectivity index (χ2n) is 10.0. The zero-order valence-electron chi connectivity index (χ0n) is 19.1. The zero-order valence-corrected chi connectivity index (χ0v) is 19.9. The van der Waals surface area contributed by atoms with Crippen molar-refractivity contribution >= 4 is 27.4 Å². The highest BCUT2D eigenvalue weighted by Crippen LogP contribution is 2.48. The second kappa shape index (κ2) is 8.08. The van der Waals surface area contributed by atoms with E-state index < -0.39 is 0 Å². The normalized spacial score (nSPS) is 22.6. The topological polar surface area (TPSA) is 62.1 Å². The molecule has 170 valence electrons. The van der Waals surface area contributed by atoms with Gasteiger partial charge in [0.2, 0.25) is 0 Å². The van der Waals surface area contributed by atoms with E-state index >= 15 is 0 Å². The summed E-state index contributed by atoms with van der Waals surface area (Å²) in [6.45, 7) is 9.07. The fourth-order valence-corrected chi connectivity index (χ4v) is 7.17. The van der Waals surface area contributed by atoms with Gasteiger partial charge >= 0.3 is 0 Å². The van der Waals surface area contributed by atoms with Crippen LogP contribution in [0.5, 0.6) is 0 Å². The van der Waals surface area contributed by atoms with Crippen molar-refractivity contribution in [3.05, 3.63) is 35.2 Å². The molecule has 6 rings (SSSR count). The maximum Gasteiger partial charge on any atom is 0.140 e. The fraction of sp³-hybridized carbons (Fsp3) is 0.625. The van der Waals surface area contributed by atoms with Crippen molar-refractivity contribution in [2.75, 3.05) is 44.2 Å². The average Bonchev–Trinajstić information content (AvgIpc) is 3.52. The van der Waals surface area contributed by atoms with Gasteiger partial charge in [-0.3, -0.25) is 9.58 Å². The van der Waals surface area contributed by atoms with Crippen LogP contribution in [0.15, 0.2) is 24.8 Å². The van der Waals surface area contributed by atoms with E-state index in [1.54, 1.807) is 6.33 Å². The van der Waals surface area contributed by atoms with Gasteiger partial charge in [-0.15, -0.1) is 11.3 Å². The molecule has 0 saturated carbocycles. The summed E-state index contributed by atoms with van der Waals surface area (Å²) < 4.78 is 1.96. The molecule has 6 heterocycles. The molecular weight excluding hydrogens is 418 g/mol. The van der Waals surface area contributed by atoms with E-state index in [2.05, 4.69) is 50.6 Å². The quantitative estimate of drug-likeness (QED) is 0.643. The largest absolute Gasteiger partial charge is 0.355 e. The van der Waals surface area contributed by atoms with Gasteiger partial charge in [0.05, 0.1) is 11.6 Å². The highest BCUT2D eigenvalue weighted by atomic mass is 32.1. The number of thiophene rings is 1.